The van der Waals surface area contributed by atoms with Crippen LogP contribution in [-0.2, 0) is 9.59 Å². The van der Waals surface area contributed by atoms with Gasteiger partial charge >= 0.3 is 0 Å². The van der Waals surface area contributed by atoms with Crippen LogP contribution in [0, 0.1) is 0 Å². The number of nitrogens with two attached hydrogens (primary N) is 1. The first-order chi connectivity index (χ1) is 4.16. The highest BCUT2D eigenvalue weighted by atomic mass is 32.1. The topological polar surface area (TPSA) is 72.2 Å². The zero-order valence-electron chi connectivity index (χ0n) is 4.76. The van der Waals surface area contributed by atoms with E-state index in [1.807, 2.05) is 5.43 Å². The van der Waals surface area contributed by atoms with Gasteiger partial charge in [0.05, 0.1) is 0 Å². The first kappa shape index (κ1) is 8.45. The molecule has 0 fully saturated rings. The number of hydrazine groups is 1. The highest BCUT2D eigenvalue weighted by Gasteiger charge is 1.99. The third kappa shape index (κ3) is 5.32. The van der Waals surface area contributed by atoms with Crippen LogP contribution in [0.5, 0.6) is 0 Å². The summed E-state index contributed by atoms with van der Waals surface area (Å²) in [6, 6.07) is 0. The molecule has 5 heteroatoms. The van der Waals surface area contributed by atoms with Crippen LogP contribution in [0.15, 0.2) is 0 Å². The molecule has 0 saturated carbocycles. The molecule has 0 atom stereocenters. The number of rotatable bonds is 3. The van der Waals surface area contributed by atoms with E-state index in [1.54, 1.807) is 0 Å². The van der Waals surface area contributed by atoms with Crippen molar-refractivity contribution in [3.63, 3.8) is 0 Å². The Bertz CT molecular complexity index is 126. The molecule has 9 heavy (non-hydrogen) atoms. The van der Waals surface area contributed by atoms with Gasteiger partial charge in [-0.25, -0.2) is 5.84 Å². The number of hydrogen-bond acceptors (Lipinski definition) is 3. The van der Waals surface area contributed by atoms with Gasteiger partial charge in [-0.3, -0.25) is 15.0 Å². The van der Waals surface area contributed by atoms with E-state index in [4.69, 9.17) is 5.84 Å². The lowest BCUT2D eigenvalue weighted by atomic mass is 10.3. The van der Waals surface area contributed by atoms with Crippen LogP contribution in [0.25, 0.3) is 0 Å². The van der Waals surface area contributed by atoms with Crippen molar-refractivity contribution >= 4 is 23.7 Å². The average molecular weight is 148 g/mol. The van der Waals surface area contributed by atoms with Crippen molar-refractivity contribution < 1.29 is 9.59 Å². The van der Waals surface area contributed by atoms with Crippen LogP contribution in [0.3, 0.4) is 0 Å². The molecule has 0 aromatic carbocycles. The van der Waals surface area contributed by atoms with Crippen molar-refractivity contribution in [2.75, 3.05) is 0 Å². The minimum absolute atomic E-state index is 0.110. The Morgan fingerprint density at radius 1 is 1.44 bits per heavy atom. The van der Waals surface area contributed by atoms with Crippen molar-refractivity contribution in [1.82, 2.24) is 5.43 Å². The first-order valence-electron chi connectivity index (χ1n) is 2.38. The molecule has 52 valence electrons. The summed E-state index contributed by atoms with van der Waals surface area (Å²) >= 11 is 3.45. The molecule has 0 radical (unpaired) electrons. The number of amides is 1. The molecule has 0 aromatic heterocycles. The van der Waals surface area contributed by atoms with Crippen molar-refractivity contribution in [1.29, 1.82) is 0 Å². The van der Waals surface area contributed by atoms with Crippen molar-refractivity contribution in [2.24, 2.45) is 5.84 Å². The molecule has 0 saturated heterocycles. The van der Waals surface area contributed by atoms with Gasteiger partial charge in [-0.1, -0.05) is 0 Å². The molecule has 3 N–H and O–H groups in total. The molecule has 0 aliphatic carbocycles. The zero-order chi connectivity index (χ0) is 7.28. The number of thiol groups is 1. The molecule has 0 aliphatic rings. The zero-order valence-corrected chi connectivity index (χ0v) is 5.65. The Morgan fingerprint density at radius 2 is 2.00 bits per heavy atom. The molecule has 4 nitrogen and oxygen atoms in total. The SMILES string of the molecule is NNC(=O)CCC(=O)S. The monoisotopic (exact) mass is 148 g/mol. The van der Waals surface area contributed by atoms with Crippen molar-refractivity contribution in [3.05, 3.63) is 0 Å². The number of nitrogens with one attached hydrogen (secondary N) is 1. The van der Waals surface area contributed by atoms with Gasteiger partial charge in [0.25, 0.3) is 0 Å². The Hall–Kier alpha value is -0.550. The van der Waals surface area contributed by atoms with Crippen molar-refractivity contribution in [3.8, 4) is 0 Å². The van der Waals surface area contributed by atoms with Gasteiger partial charge in [0.15, 0.2) is 5.12 Å². The van der Waals surface area contributed by atoms with E-state index in [0.717, 1.165) is 0 Å². The lowest BCUT2D eigenvalue weighted by Crippen LogP contribution is -2.29. The Kier molecular flexibility index (Phi) is 4.08. The fraction of sp³-hybridized carbons (Fsp3) is 0.500. The van der Waals surface area contributed by atoms with Crippen LogP contribution in [0.4, 0.5) is 0 Å². The second-order valence-corrected chi connectivity index (χ2v) is 1.96. The Morgan fingerprint density at radius 3 is 2.33 bits per heavy atom. The van der Waals surface area contributed by atoms with Gasteiger partial charge in [-0.2, -0.15) is 0 Å². The maximum atomic E-state index is 10.3. The summed E-state index contributed by atoms with van der Waals surface area (Å²) in [5.74, 6) is 4.37. The quantitative estimate of drug-likeness (QED) is 0.212. The van der Waals surface area contributed by atoms with Gasteiger partial charge < -0.3 is 0 Å². The Balaban J connectivity index is 3.28. The molecule has 0 aliphatic heterocycles. The van der Waals surface area contributed by atoms with E-state index in [0.29, 0.717) is 0 Å². The van der Waals surface area contributed by atoms with Crippen LogP contribution in [0.2, 0.25) is 0 Å². The third-order valence-electron chi connectivity index (χ3n) is 0.727. The van der Waals surface area contributed by atoms with Crippen LogP contribution >= 0.6 is 12.6 Å². The van der Waals surface area contributed by atoms with E-state index < -0.39 is 0 Å². The molecular weight excluding hydrogens is 140 g/mol. The van der Waals surface area contributed by atoms with E-state index >= 15 is 0 Å². The molecule has 0 bridgehead atoms. The largest absolute Gasteiger partial charge is 0.294 e. The van der Waals surface area contributed by atoms with E-state index in [9.17, 15) is 9.59 Å². The molecular formula is C4H8N2O2S. The summed E-state index contributed by atoms with van der Waals surface area (Å²) in [4.78, 5) is 20.4. The maximum absolute atomic E-state index is 10.3. The molecule has 0 aromatic rings. The normalized spacial score (nSPS) is 8.67. The summed E-state index contributed by atoms with van der Waals surface area (Å²) in [6.45, 7) is 0. The van der Waals surface area contributed by atoms with Crippen molar-refractivity contribution in [2.45, 2.75) is 12.8 Å². The molecule has 0 spiro atoms. The van der Waals surface area contributed by atoms with Crippen LogP contribution in [-0.4, -0.2) is 11.0 Å². The number of hydrogen-bond donors (Lipinski definition) is 3. The fourth-order valence-corrected chi connectivity index (χ4v) is 0.404. The molecule has 0 rings (SSSR count). The van der Waals surface area contributed by atoms with E-state index in [-0.39, 0.29) is 23.9 Å². The molecule has 0 unspecified atom stereocenters. The minimum Gasteiger partial charge on any atom is -0.294 e. The fourth-order valence-electron chi connectivity index (χ4n) is 0.293. The first-order valence-corrected chi connectivity index (χ1v) is 2.82. The van der Waals surface area contributed by atoms with Gasteiger partial charge in [-0.15, -0.1) is 12.6 Å². The van der Waals surface area contributed by atoms with Gasteiger partial charge in [0, 0.05) is 12.8 Å². The standard InChI is InChI=1S/C4H8N2O2S/c5-6-3(7)1-2-4(8)9/h1-2,5H2,(H,6,7)(H,8,9). The van der Waals surface area contributed by atoms with Gasteiger partial charge in [0.2, 0.25) is 5.91 Å². The second-order valence-electron chi connectivity index (χ2n) is 1.46. The second kappa shape index (κ2) is 4.34. The summed E-state index contributed by atoms with van der Waals surface area (Å²) in [5, 5.41) is -0.307. The summed E-state index contributed by atoms with van der Waals surface area (Å²) in [7, 11) is 0. The summed E-state index contributed by atoms with van der Waals surface area (Å²) in [6.07, 6.45) is 0.241. The predicted molar refractivity (Wildman–Crippen MR) is 35.6 cm³/mol. The maximum Gasteiger partial charge on any atom is 0.234 e. The average Bonchev–Trinajstić information content (AvgIpc) is 1.83. The summed E-state index contributed by atoms with van der Waals surface area (Å²) < 4.78 is 0. The van der Waals surface area contributed by atoms with Crippen LogP contribution in [0.1, 0.15) is 12.8 Å². The lowest BCUT2D eigenvalue weighted by molar-refractivity contribution is -0.123. The predicted octanol–water partition coefficient (Wildman–Crippen LogP) is -0.787. The highest BCUT2D eigenvalue weighted by Crippen LogP contribution is 1.92. The number of carbonyl (C=O) groups excluding carboxylic acids is 2. The smallest absolute Gasteiger partial charge is 0.234 e. The third-order valence-corrected chi connectivity index (χ3v) is 0.951. The molecule has 1 amide bonds. The Labute approximate surface area is 58.2 Å². The molecule has 0 heterocycles. The lowest BCUT2D eigenvalue weighted by Gasteiger charge is -1.93. The highest BCUT2D eigenvalue weighted by molar-refractivity contribution is 7.96. The van der Waals surface area contributed by atoms with Gasteiger partial charge in [0.1, 0.15) is 0 Å². The van der Waals surface area contributed by atoms with Crippen LogP contribution < -0.4 is 11.3 Å². The minimum atomic E-state index is -0.350. The van der Waals surface area contributed by atoms with Gasteiger partial charge in [-0.05, 0) is 0 Å². The van der Waals surface area contributed by atoms with E-state index in [1.165, 1.54) is 0 Å². The van der Waals surface area contributed by atoms with E-state index in [2.05, 4.69) is 12.6 Å². The number of carbonyl (C=O) groups is 2. The summed E-state index contributed by atoms with van der Waals surface area (Å²) in [5.41, 5.74) is 1.90.